The molecule has 0 spiro atoms. The lowest BCUT2D eigenvalue weighted by Gasteiger charge is -2.11. The van der Waals surface area contributed by atoms with Gasteiger partial charge in [0.25, 0.3) is 0 Å². The summed E-state index contributed by atoms with van der Waals surface area (Å²) in [5.74, 6) is 0. The maximum Gasteiger partial charge on any atom is -0.0105 e. The van der Waals surface area contributed by atoms with Crippen molar-refractivity contribution >= 4 is 23.3 Å². The van der Waals surface area contributed by atoms with Gasteiger partial charge in [0.15, 0.2) is 0 Å². The minimum Gasteiger partial charge on any atom is -0.0990 e. The molecule has 5 aromatic carbocycles. The fourth-order valence-corrected chi connectivity index (χ4v) is 5.02. The first-order valence-corrected chi connectivity index (χ1v) is 14.3. The van der Waals surface area contributed by atoms with Crippen molar-refractivity contribution < 1.29 is 0 Å². The Morgan fingerprint density at radius 3 is 1.48 bits per heavy atom. The Morgan fingerprint density at radius 1 is 0.500 bits per heavy atom. The Labute approximate surface area is 251 Å². The van der Waals surface area contributed by atoms with Gasteiger partial charge in [0.2, 0.25) is 0 Å². The van der Waals surface area contributed by atoms with Gasteiger partial charge >= 0.3 is 0 Å². The molecule has 0 unspecified atom stereocenters. The van der Waals surface area contributed by atoms with E-state index in [0.717, 1.165) is 22.3 Å². The second-order valence-corrected chi connectivity index (χ2v) is 10.5. The third-order valence-electron chi connectivity index (χ3n) is 7.41. The monoisotopic (exact) mass is 540 g/mol. The lowest BCUT2D eigenvalue weighted by Crippen LogP contribution is -1.89. The molecule has 0 bridgehead atoms. The zero-order chi connectivity index (χ0) is 29.3. The largest absolute Gasteiger partial charge is 0.0990 e. The van der Waals surface area contributed by atoms with Crippen molar-refractivity contribution in [3.05, 3.63) is 203 Å². The maximum atomic E-state index is 4.04. The predicted molar refractivity (Wildman–Crippen MR) is 184 cm³/mol. The fraction of sp³-hybridized carbons (Fsp3) is 0.0476. The summed E-state index contributed by atoms with van der Waals surface area (Å²) < 4.78 is 0. The van der Waals surface area contributed by atoms with Gasteiger partial charge in [0.1, 0.15) is 0 Å². The van der Waals surface area contributed by atoms with Crippen LogP contribution in [0.15, 0.2) is 164 Å². The van der Waals surface area contributed by atoms with E-state index in [0.29, 0.717) is 0 Å². The fourth-order valence-electron chi connectivity index (χ4n) is 5.02. The molecule has 5 rings (SSSR count). The smallest absolute Gasteiger partial charge is 0.0105 e. The molecular formula is C42H36. The third kappa shape index (κ3) is 6.92. The molecular weight excluding hydrogens is 504 g/mol. The highest BCUT2D eigenvalue weighted by molar-refractivity contribution is 5.93. The standard InChI is InChI=1S/C42H36/c1-5-10-35(6-2)41(39-21-13-31(3)14-22-39)29-33-17-25-36(26-18-33)37-27-19-34(20-28-37)30-42(38-11-8-7-9-12-38)40-23-15-32(4)16-24-40/h5-30H,1-2H2,3-4H3/b35-10+,41-29+,42-30+. The Bertz CT molecular complexity index is 1740. The summed E-state index contributed by atoms with van der Waals surface area (Å²) in [5, 5.41) is 0. The van der Waals surface area contributed by atoms with Crippen molar-refractivity contribution in [2.75, 3.05) is 0 Å². The summed E-state index contributed by atoms with van der Waals surface area (Å²) >= 11 is 0. The van der Waals surface area contributed by atoms with Crippen LogP contribution in [-0.2, 0) is 0 Å². The van der Waals surface area contributed by atoms with Crippen LogP contribution >= 0.6 is 0 Å². The molecule has 0 aliphatic carbocycles. The molecule has 0 saturated heterocycles. The molecule has 0 aliphatic rings. The molecule has 0 saturated carbocycles. The zero-order valence-corrected chi connectivity index (χ0v) is 24.4. The van der Waals surface area contributed by atoms with E-state index in [1.165, 1.54) is 44.5 Å². The van der Waals surface area contributed by atoms with E-state index in [4.69, 9.17) is 0 Å². The average molecular weight is 541 g/mol. The van der Waals surface area contributed by atoms with Crippen LogP contribution in [0, 0.1) is 13.8 Å². The summed E-state index contributed by atoms with van der Waals surface area (Å²) in [6.07, 6.45) is 10.2. The summed E-state index contributed by atoms with van der Waals surface area (Å²) in [6, 6.07) is 45.5. The quantitative estimate of drug-likeness (QED) is 0.129. The molecule has 204 valence electrons. The van der Waals surface area contributed by atoms with Crippen LogP contribution in [0.25, 0.3) is 34.4 Å². The molecule has 0 radical (unpaired) electrons. The number of hydrogen-bond acceptors (Lipinski definition) is 0. The van der Waals surface area contributed by atoms with Crippen LogP contribution in [0.3, 0.4) is 0 Å². The summed E-state index contributed by atoms with van der Waals surface area (Å²) in [5.41, 5.74) is 14.1. The van der Waals surface area contributed by atoms with Crippen molar-refractivity contribution in [3.8, 4) is 11.1 Å². The number of aryl methyl sites for hydroxylation is 2. The molecule has 0 N–H and O–H groups in total. The van der Waals surface area contributed by atoms with Crippen molar-refractivity contribution in [2.45, 2.75) is 13.8 Å². The SMILES string of the molecule is C=C/C=C(C=C)/C(=C\c1ccc(-c2ccc(/C=C(\c3ccccc3)c3ccc(C)cc3)cc2)cc1)c1ccc(C)cc1. The molecule has 0 heterocycles. The number of rotatable bonds is 9. The van der Waals surface area contributed by atoms with E-state index in [1.54, 1.807) is 0 Å². The van der Waals surface area contributed by atoms with E-state index < -0.39 is 0 Å². The van der Waals surface area contributed by atoms with E-state index in [1.807, 2.05) is 18.2 Å². The molecule has 0 nitrogen and oxygen atoms in total. The second kappa shape index (κ2) is 13.4. The lowest BCUT2D eigenvalue weighted by atomic mass is 9.93. The van der Waals surface area contributed by atoms with Crippen molar-refractivity contribution in [1.82, 2.24) is 0 Å². The van der Waals surface area contributed by atoms with Crippen LogP contribution in [0.4, 0.5) is 0 Å². The highest BCUT2D eigenvalue weighted by Gasteiger charge is 2.08. The maximum absolute atomic E-state index is 4.04. The first-order chi connectivity index (χ1) is 20.5. The van der Waals surface area contributed by atoms with Crippen LogP contribution in [0.2, 0.25) is 0 Å². The zero-order valence-electron chi connectivity index (χ0n) is 24.4. The van der Waals surface area contributed by atoms with Gasteiger partial charge in [-0.3, -0.25) is 0 Å². The minimum absolute atomic E-state index is 1.04. The van der Waals surface area contributed by atoms with Crippen molar-refractivity contribution in [3.63, 3.8) is 0 Å². The molecule has 0 fully saturated rings. The van der Waals surface area contributed by atoms with Gasteiger partial charge in [0, 0.05) is 0 Å². The lowest BCUT2D eigenvalue weighted by molar-refractivity contribution is 1.45. The van der Waals surface area contributed by atoms with Crippen LogP contribution in [-0.4, -0.2) is 0 Å². The Balaban J connectivity index is 1.43. The normalized spacial score (nSPS) is 12.2. The molecule has 42 heavy (non-hydrogen) atoms. The topological polar surface area (TPSA) is 0 Å². The Kier molecular flexibility index (Phi) is 9.07. The Hall–Kier alpha value is -5.20. The Morgan fingerprint density at radius 2 is 0.976 bits per heavy atom. The number of benzene rings is 5. The molecule has 0 amide bonds. The predicted octanol–water partition coefficient (Wildman–Crippen LogP) is 11.4. The van der Waals surface area contributed by atoms with E-state index >= 15 is 0 Å². The summed E-state index contributed by atoms with van der Waals surface area (Å²) in [4.78, 5) is 0. The van der Waals surface area contributed by atoms with Crippen LogP contribution in [0.5, 0.6) is 0 Å². The first-order valence-electron chi connectivity index (χ1n) is 14.3. The highest BCUT2D eigenvalue weighted by atomic mass is 14.1. The third-order valence-corrected chi connectivity index (χ3v) is 7.41. The van der Waals surface area contributed by atoms with Gasteiger partial charge in [-0.15, -0.1) is 0 Å². The summed E-state index contributed by atoms with van der Waals surface area (Å²) in [7, 11) is 0. The second-order valence-electron chi connectivity index (χ2n) is 10.5. The van der Waals surface area contributed by atoms with Crippen LogP contribution in [0.1, 0.15) is 38.9 Å². The van der Waals surface area contributed by atoms with E-state index in [2.05, 4.69) is 167 Å². The number of hydrogen-bond donors (Lipinski definition) is 0. The number of allylic oxidation sites excluding steroid dienone is 5. The van der Waals surface area contributed by atoms with Crippen molar-refractivity contribution in [2.24, 2.45) is 0 Å². The summed E-state index contributed by atoms with van der Waals surface area (Å²) in [6.45, 7) is 12.2. The van der Waals surface area contributed by atoms with E-state index in [-0.39, 0.29) is 0 Å². The molecule has 0 heteroatoms. The van der Waals surface area contributed by atoms with E-state index in [9.17, 15) is 0 Å². The molecule has 0 atom stereocenters. The molecule has 5 aromatic rings. The van der Waals surface area contributed by atoms with Crippen molar-refractivity contribution in [1.29, 1.82) is 0 Å². The highest BCUT2D eigenvalue weighted by Crippen LogP contribution is 2.30. The average Bonchev–Trinajstić information content (AvgIpc) is 3.03. The molecule has 0 aromatic heterocycles. The minimum atomic E-state index is 1.04. The van der Waals surface area contributed by atoms with Gasteiger partial charge in [-0.05, 0) is 81.7 Å². The molecule has 0 aliphatic heterocycles. The van der Waals surface area contributed by atoms with Crippen LogP contribution < -0.4 is 0 Å². The van der Waals surface area contributed by atoms with Gasteiger partial charge in [-0.2, -0.15) is 0 Å². The van der Waals surface area contributed by atoms with Gasteiger partial charge in [-0.1, -0.05) is 170 Å². The van der Waals surface area contributed by atoms with Gasteiger partial charge < -0.3 is 0 Å². The van der Waals surface area contributed by atoms with Gasteiger partial charge in [-0.25, -0.2) is 0 Å². The van der Waals surface area contributed by atoms with Gasteiger partial charge in [0.05, 0.1) is 0 Å². The first kappa shape index (κ1) is 28.3.